The number of carboxylic acid groups (broad SMARTS) is 1. The number of rotatable bonds is 8. The van der Waals surface area contributed by atoms with Crippen molar-refractivity contribution >= 4 is 39.2 Å². The van der Waals surface area contributed by atoms with Crippen molar-refractivity contribution in [2.75, 3.05) is 6.61 Å². The highest BCUT2D eigenvalue weighted by molar-refractivity contribution is 7.89. The number of hydrogen-bond acceptors (Lipinski definition) is 7. The third kappa shape index (κ3) is 5.71. The van der Waals surface area contributed by atoms with Crippen LogP contribution in [0.15, 0.2) is 53.9 Å². The second-order valence-corrected chi connectivity index (χ2v) is 7.37. The molecule has 0 saturated carbocycles. The zero-order valence-corrected chi connectivity index (χ0v) is 15.8. The van der Waals surface area contributed by atoms with Crippen molar-refractivity contribution in [1.82, 2.24) is 10.9 Å². The van der Waals surface area contributed by atoms with Crippen LogP contribution in [0.3, 0.4) is 0 Å². The summed E-state index contributed by atoms with van der Waals surface area (Å²) in [6, 6.07) is 9.85. The summed E-state index contributed by atoms with van der Waals surface area (Å²) in [5.74, 6) is -1.66. The molecule has 0 saturated heterocycles. The van der Waals surface area contributed by atoms with Gasteiger partial charge in [-0.25, -0.2) is 13.6 Å². The van der Waals surface area contributed by atoms with Crippen LogP contribution >= 0.6 is 11.6 Å². The Kier molecular flexibility index (Phi) is 6.62. The van der Waals surface area contributed by atoms with E-state index in [-0.39, 0.29) is 15.5 Å². The third-order valence-electron chi connectivity index (χ3n) is 3.39. The van der Waals surface area contributed by atoms with Crippen LogP contribution in [-0.2, 0) is 14.8 Å². The summed E-state index contributed by atoms with van der Waals surface area (Å²) in [5, 5.41) is 15.3. The number of carbonyl (C=O) groups is 2. The van der Waals surface area contributed by atoms with Crippen molar-refractivity contribution in [3.63, 3.8) is 0 Å². The first-order valence-corrected chi connectivity index (χ1v) is 9.51. The minimum Gasteiger partial charge on any atom is -0.546 e. The number of hydrazine groups is 1. The van der Waals surface area contributed by atoms with Crippen molar-refractivity contribution < 1.29 is 27.9 Å². The van der Waals surface area contributed by atoms with Crippen LogP contribution in [0.5, 0.6) is 5.75 Å². The zero-order valence-electron chi connectivity index (χ0n) is 14.3. The Balaban J connectivity index is 2.01. The van der Waals surface area contributed by atoms with E-state index in [9.17, 15) is 23.1 Å². The van der Waals surface area contributed by atoms with Gasteiger partial charge in [-0.15, -0.1) is 0 Å². The lowest BCUT2D eigenvalue weighted by atomic mass is 10.2. The van der Waals surface area contributed by atoms with E-state index < -0.39 is 28.5 Å². The number of nitrogens with one attached hydrogen (secondary N) is 2. The first-order chi connectivity index (χ1) is 13.1. The fourth-order valence-electron chi connectivity index (χ4n) is 2.03. The van der Waals surface area contributed by atoms with Gasteiger partial charge in [-0.05, 0) is 48.0 Å². The average molecular weight is 425 g/mol. The molecular weight excluding hydrogens is 410 g/mol. The van der Waals surface area contributed by atoms with Crippen molar-refractivity contribution in [2.45, 2.75) is 4.90 Å². The van der Waals surface area contributed by atoms with E-state index in [4.69, 9.17) is 21.5 Å². The molecule has 2 aromatic carbocycles. The molecule has 0 unspecified atom stereocenters. The van der Waals surface area contributed by atoms with E-state index in [0.29, 0.717) is 17.0 Å². The largest absolute Gasteiger partial charge is 0.546 e. The molecule has 0 atom stereocenters. The summed E-state index contributed by atoms with van der Waals surface area (Å²) in [4.78, 5) is 22.2. The van der Waals surface area contributed by atoms with Crippen LogP contribution in [-0.4, -0.2) is 26.9 Å². The summed E-state index contributed by atoms with van der Waals surface area (Å²) in [7, 11) is -4.08. The molecule has 11 heteroatoms. The van der Waals surface area contributed by atoms with E-state index in [1.807, 2.05) is 0 Å². The summed E-state index contributed by atoms with van der Waals surface area (Å²) in [6.45, 7) is 3.18. The van der Waals surface area contributed by atoms with E-state index in [1.165, 1.54) is 24.3 Å². The molecule has 0 aromatic heterocycles. The Bertz CT molecular complexity index is 1020. The molecule has 0 aliphatic carbocycles. The second-order valence-electron chi connectivity index (χ2n) is 5.43. The van der Waals surface area contributed by atoms with Crippen molar-refractivity contribution in [3.8, 4) is 5.75 Å². The van der Waals surface area contributed by atoms with Gasteiger partial charge >= 0.3 is 0 Å². The van der Waals surface area contributed by atoms with Gasteiger partial charge in [-0.1, -0.05) is 18.2 Å². The van der Waals surface area contributed by atoms with Gasteiger partial charge in [-0.2, -0.15) is 0 Å². The highest BCUT2D eigenvalue weighted by Gasteiger charge is 2.16. The molecule has 0 heterocycles. The van der Waals surface area contributed by atoms with Gasteiger partial charge in [0.25, 0.3) is 5.91 Å². The van der Waals surface area contributed by atoms with Gasteiger partial charge in [0.1, 0.15) is 17.3 Å². The Morgan fingerprint density at radius 1 is 1.11 bits per heavy atom. The molecular formula is C17H15ClN3O6S-. The zero-order chi connectivity index (χ0) is 20.9. The maximum absolute atomic E-state index is 12.2. The van der Waals surface area contributed by atoms with Gasteiger partial charge in [-0.3, -0.25) is 15.6 Å². The Hall–Kier alpha value is -3.08. The van der Waals surface area contributed by atoms with Crippen LogP contribution in [0.2, 0.25) is 5.02 Å². The van der Waals surface area contributed by atoms with Crippen LogP contribution in [0.4, 0.5) is 0 Å². The fourth-order valence-corrected chi connectivity index (χ4v) is 3.11. The summed E-state index contributed by atoms with van der Waals surface area (Å²) in [6.07, 6.45) is 0. The molecule has 0 spiro atoms. The van der Waals surface area contributed by atoms with Gasteiger partial charge in [0.2, 0.25) is 10.0 Å². The van der Waals surface area contributed by atoms with Crippen molar-refractivity contribution in [2.24, 2.45) is 5.14 Å². The standard InChI is InChI=1S/C17H16ClN3O6S/c1-10(11-2-5-13(6-3-11)27-9-16(22)23)20-21-17(24)12-4-7-14(18)15(8-12)28(19,25)26/h2-8,20H,1,9H2,(H,21,24)(H,22,23)(H2,19,25,26)/p-1. The van der Waals surface area contributed by atoms with Crippen molar-refractivity contribution in [3.05, 3.63) is 65.2 Å². The number of amides is 1. The first-order valence-electron chi connectivity index (χ1n) is 7.58. The lowest BCUT2D eigenvalue weighted by Gasteiger charge is -2.13. The number of hydrogen-bond donors (Lipinski definition) is 3. The maximum Gasteiger partial charge on any atom is 0.269 e. The molecule has 2 rings (SSSR count). The van der Waals surface area contributed by atoms with Gasteiger partial charge < -0.3 is 14.6 Å². The first kappa shape index (κ1) is 21.2. The lowest BCUT2D eigenvalue weighted by Crippen LogP contribution is -2.36. The molecule has 0 aliphatic rings. The van der Waals surface area contributed by atoms with E-state index in [0.717, 1.165) is 6.07 Å². The van der Waals surface area contributed by atoms with Crippen LogP contribution in [0.25, 0.3) is 5.70 Å². The highest BCUT2D eigenvalue weighted by Crippen LogP contribution is 2.21. The molecule has 9 nitrogen and oxygen atoms in total. The minimum atomic E-state index is -4.08. The number of primary sulfonamides is 1. The Morgan fingerprint density at radius 2 is 1.71 bits per heavy atom. The summed E-state index contributed by atoms with van der Waals surface area (Å²) >= 11 is 5.78. The van der Waals surface area contributed by atoms with Crippen LogP contribution < -0.4 is 25.8 Å². The van der Waals surface area contributed by atoms with Gasteiger partial charge in [0.05, 0.1) is 16.7 Å². The van der Waals surface area contributed by atoms with Gasteiger partial charge in [0.15, 0.2) is 0 Å². The molecule has 4 N–H and O–H groups in total. The van der Waals surface area contributed by atoms with Gasteiger partial charge in [0, 0.05) is 5.56 Å². The maximum atomic E-state index is 12.2. The molecule has 0 bridgehead atoms. The normalized spacial score (nSPS) is 10.8. The SMILES string of the molecule is C=C(NNC(=O)c1ccc(Cl)c(S(N)(=O)=O)c1)c1ccc(OCC(=O)[O-])cc1. The number of carboxylic acids is 1. The van der Waals surface area contributed by atoms with Crippen LogP contribution in [0, 0.1) is 0 Å². The molecule has 0 fully saturated rings. The van der Waals surface area contributed by atoms with E-state index >= 15 is 0 Å². The number of aliphatic carboxylic acids is 1. The molecule has 148 valence electrons. The van der Waals surface area contributed by atoms with E-state index in [2.05, 4.69) is 17.4 Å². The summed E-state index contributed by atoms with van der Waals surface area (Å²) < 4.78 is 27.9. The average Bonchev–Trinajstić information content (AvgIpc) is 2.64. The molecule has 2 aromatic rings. The number of ether oxygens (including phenoxy) is 1. The molecule has 1 amide bonds. The quantitative estimate of drug-likeness (QED) is 0.505. The molecule has 0 aliphatic heterocycles. The smallest absolute Gasteiger partial charge is 0.269 e. The topological polar surface area (TPSA) is 151 Å². The third-order valence-corrected chi connectivity index (χ3v) is 4.78. The molecule has 0 radical (unpaired) electrons. The Morgan fingerprint density at radius 3 is 2.29 bits per heavy atom. The lowest BCUT2D eigenvalue weighted by molar-refractivity contribution is -0.307. The number of benzene rings is 2. The Labute approximate surface area is 165 Å². The monoisotopic (exact) mass is 424 g/mol. The van der Waals surface area contributed by atoms with E-state index in [1.54, 1.807) is 12.1 Å². The second kappa shape index (κ2) is 8.74. The number of sulfonamides is 1. The van der Waals surface area contributed by atoms with Crippen LogP contribution in [0.1, 0.15) is 15.9 Å². The predicted octanol–water partition coefficient (Wildman–Crippen LogP) is 0.0214. The number of carbonyl (C=O) groups excluding carboxylic acids is 2. The molecule has 28 heavy (non-hydrogen) atoms. The predicted molar refractivity (Wildman–Crippen MR) is 99.4 cm³/mol. The highest BCUT2D eigenvalue weighted by atomic mass is 35.5. The summed E-state index contributed by atoms with van der Waals surface area (Å²) in [5.41, 5.74) is 5.87. The minimum absolute atomic E-state index is 0.0137. The number of halogens is 1. The fraction of sp³-hybridized carbons (Fsp3) is 0.0588. The van der Waals surface area contributed by atoms with Crippen molar-refractivity contribution in [1.29, 1.82) is 0 Å². The number of nitrogens with two attached hydrogens (primary N) is 1.